The second-order valence-corrected chi connectivity index (χ2v) is 0.420. The minimum atomic E-state index is -1.50. The molecule has 0 aliphatic rings. The quantitative estimate of drug-likeness (QED) is 0.201. The lowest BCUT2D eigenvalue weighted by atomic mass is 11.4. The summed E-state index contributed by atoms with van der Waals surface area (Å²) in [6.07, 6.45) is 0. The van der Waals surface area contributed by atoms with Gasteiger partial charge in [-0.05, 0) is 0 Å². The van der Waals surface area contributed by atoms with Gasteiger partial charge in [0.05, 0.1) is 6.73 Å². The van der Waals surface area contributed by atoms with Crippen LogP contribution in [0, 0.1) is 10.1 Å². The van der Waals surface area contributed by atoms with Gasteiger partial charge in [0, 0.05) is 0 Å². The van der Waals surface area contributed by atoms with Gasteiger partial charge >= 0.3 is 0 Å². The zero-order valence-corrected chi connectivity index (χ0v) is 3.44. The molecule has 0 aliphatic heterocycles. The van der Waals surface area contributed by atoms with Gasteiger partial charge in [0.1, 0.15) is 0 Å². The van der Waals surface area contributed by atoms with Crippen molar-refractivity contribution in [1.29, 1.82) is 0 Å². The van der Waals surface area contributed by atoms with Gasteiger partial charge in [-0.2, -0.15) is 0 Å². The van der Waals surface area contributed by atoms with Gasteiger partial charge in [-0.15, -0.1) is 10.1 Å². The van der Waals surface area contributed by atoms with Crippen molar-refractivity contribution in [2.24, 2.45) is 5.73 Å². The van der Waals surface area contributed by atoms with E-state index >= 15 is 0 Å². The van der Waals surface area contributed by atoms with Crippen molar-refractivity contribution < 1.29 is 15.4 Å². The highest BCUT2D eigenvalue weighted by Gasteiger charge is 1.65. The number of aliphatic hydroxyl groups is 1. The van der Waals surface area contributed by atoms with Gasteiger partial charge in [-0.25, -0.2) is 0 Å². The standard InChI is InChI=1S/CH5NO.HNO3/c2-1-3;2-1(3)4/h3H,1-2H2;(H,2,3,4). The van der Waals surface area contributed by atoms with Gasteiger partial charge in [0.2, 0.25) is 0 Å². The minimum absolute atomic E-state index is 0.250. The van der Waals surface area contributed by atoms with E-state index in [0.29, 0.717) is 0 Å². The van der Waals surface area contributed by atoms with Crippen LogP contribution in [0.25, 0.3) is 0 Å². The number of rotatable bonds is 0. The molecule has 0 amide bonds. The van der Waals surface area contributed by atoms with Crippen molar-refractivity contribution in [3.8, 4) is 0 Å². The topological polar surface area (TPSA) is 110 Å². The summed E-state index contributed by atoms with van der Waals surface area (Å²) in [6.45, 7) is -0.250. The predicted molar refractivity (Wildman–Crippen MR) is 20.1 cm³/mol. The van der Waals surface area contributed by atoms with Gasteiger partial charge in [0.25, 0.3) is 5.09 Å². The lowest BCUT2D eigenvalue weighted by Crippen LogP contribution is -1.92. The van der Waals surface area contributed by atoms with Crippen molar-refractivity contribution in [1.82, 2.24) is 0 Å². The summed E-state index contributed by atoms with van der Waals surface area (Å²) >= 11 is 0. The Hall–Kier alpha value is -0.880. The maximum Gasteiger partial charge on any atom is 0.291 e. The lowest BCUT2D eigenvalue weighted by Gasteiger charge is -1.56. The van der Waals surface area contributed by atoms with Gasteiger partial charge in [-0.1, -0.05) is 0 Å². The number of hydrogen-bond donors (Lipinski definition) is 3. The Labute approximate surface area is 39.3 Å². The fourth-order valence-electron chi connectivity index (χ4n) is 0. The minimum Gasteiger partial charge on any atom is -0.382 e. The first-order valence-electron chi connectivity index (χ1n) is 1.29. The van der Waals surface area contributed by atoms with Crippen LogP contribution < -0.4 is 5.73 Å². The largest absolute Gasteiger partial charge is 0.382 e. The molecule has 0 aliphatic carbocycles. The number of hydrogen-bond acceptors (Lipinski definition) is 4. The Bertz CT molecular complexity index is 41.0. The van der Waals surface area contributed by atoms with E-state index in [9.17, 15) is 0 Å². The summed E-state index contributed by atoms with van der Waals surface area (Å²) in [5.41, 5.74) is 4.40. The van der Waals surface area contributed by atoms with Crippen LogP contribution in [0.3, 0.4) is 0 Å². The highest BCUT2D eigenvalue weighted by molar-refractivity contribution is 3.83. The second kappa shape index (κ2) is 8.93. The monoisotopic (exact) mass is 110 g/mol. The van der Waals surface area contributed by atoms with E-state index in [4.69, 9.17) is 20.4 Å². The third-order valence-electron chi connectivity index (χ3n) is 0. The molecular formula is CH6N2O4. The highest BCUT2D eigenvalue weighted by Crippen LogP contribution is 1.38. The van der Waals surface area contributed by atoms with E-state index in [1.165, 1.54) is 0 Å². The molecule has 6 nitrogen and oxygen atoms in total. The van der Waals surface area contributed by atoms with Crippen LogP contribution in [0.15, 0.2) is 0 Å². The molecule has 7 heavy (non-hydrogen) atoms. The molecule has 0 aromatic heterocycles. The fraction of sp³-hybridized carbons (Fsp3) is 1.00. The van der Waals surface area contributed by atoms with Crippen LogP contribution in [0.1, 0.15) is 0 Å². The van der Waals surface area contributed by atoms with E-state index in [1.807, 2.05) is 0 Å². The zero-order chi connectivity index (χ0) is 6.28. The SMILES string of the molecule is NCO.O=[N+]([O-])O. The van der Waals surface area contributed by atoms with Crippen LogP contribution in [0.4, 0.5) is 0 Å². The van der Waals surface area contributed by atoms with Crippen molar-refractivity contribution in [2.75, 3.05) is 6.73 Å². The summed E-state index contributed by atoms with van der Waals surface area (Å²) in [5.74, 6) is 0. The molecule has 0 aromatic carbocycles. The van der Waals surface area contributed by atoms with Crippen molar-refractivity contribution in [2.45, 2.75) is 0 Å². The fourth-order valence-corrected chi connectivity index (χ4v) is 0. The molecule has 44 valence electrons. The Kier molecular flexibility index (Phi) is 12.1. The predicted octanol–water partition coefficient (Wildman–Crippen LogP) is -1.45. The van der Waals surface area contributed by atoms with Crippen molar-refractivity contribution >= 4 is 0 Å². The van der Waals surface area contributed by atoms with E-state index in [2.05, 4.69) is 5.73 Å². The molecule has 4 N–H and O–H groups in total. The summed E-state index contributed by atoms with van der Waals surface area (Å²) < 4.78 is 0. The normalized spacial score (nSPS) is 6.00. The molecule has 0 atom stereocenters. The maximum absolute atomic E-state index is 8.36. The van der Waals surface area contributed by atoms with E-state index in [0.717, 1.165) is 0 Å². The van der Waals surface area contributed by atoms with Crippen LogP contribution in [-0.2, 0) is 0 Å². The van der Waals surface area contributed by atoms with Crippen molar-refractivity contribution in [3.63, 3.8) is 0 Å². The van der Waals surface area contributed by atoms with Crippen molar-refractivity contribution in [3.05, 3.63) is 10.1 Å². The number of nitrogens with zero attached hydrogens (tertiary/aromatic N) is 1. The van der Waals surface area contributed by atoms with Crippen LogP contribution in [-0.4, -0.2) is 22.1 Å². The summed E-state index contributed by atoms with van der Waals surface area (Å²) in [6, 6.07) is 0. The number of nitrogens with two attached hydrogens (primary N) is 1. The van der Waals surface area contributed by atoms with Crippen LogP contribution >= 0.6 is 0 Å². The molecular weight excluding hydrogens is 104 g/mol. The van der Waals surface area contributed by atoms with E-state index < -0.39 is 5.09 Å². The molecule has 0 saturated heterocycles. The Balaban J connectivity index is 0. The highest BCUT2D eigenvalue weighted by atomic mass is 16.9. The van der Waals surface area contributed by atoms with Gasteiger partial charge in [-0.3, -0.25) is 0 Å². The Morgan fingerprint density at radius 1 is 1.86 bits per heavy atom. The number of aliphatic hydroxyl groups excluding tert-OH is 1. The summed E-state index contributed by atoms with van der Waals surface area (Å²) in [5, 5.41) is 21.0. The van der Waals surface area contributed by atoms with Crippen LogP contribution in [0.5, 0.6) is 0 Å². The molecule has 0 bridgehead atoms. The molecule has 0 spiro atoms. The average molecular weight is 110 g/mol. The first-order valence-corrected chi connectivity index (χ1v) is 1.29. The summed E-state index contributed by atoms with van der Waals surface area (Å²) in [7, 11) is 0. The third-order valence-corrected chi connectivity index (χ3v) is 0. The average Bonchev–Trinajstić information content (AvgIpc) is 1.33. The Morgan fingerprint density at radius 3 is 1.86 bits per heavy atom. The van der Waals surface area contributed by atoms with E-state index in [1.54, 1.807) is 0 Å². The van der Waals surface area contributed by atoms with Gasteiger partial charge in [0.15, 0.2) is 0 Å². The third kappa shape index (κ3) is 64.4. The van der Waals surface area contributed by atoms with Gasteiger partial charge < -0.3 is 16.0 Å². The first-order chi connectivity index (χ1) is 3.15. The molecule has 0 aromatic rings. The smallest absolute Gasteiger partial charge is 0.291 e. The molecule has 0 heterocycles. The molecule has 0 radical (unpaired) electrons. The van der Waals surface area contributed by atoms with Crippen LogP contribution in [0.2, 0.25) is 0 Å². The lowest BCUT2D eigenvalue weighted by molar-refractivity contribution is -0.742. The van der Waals surface area contributed by atoms with E-state index in [-0.39, 0.29) is 6.73 Å². The Morgan fingerprint density at radius 2 is 1.86 bits per heavy atom. The zero-order valence-electron chi connectivity index (χ0n) is 3.44. The molecule has 0 fully saturated rings. The molecule has 0 rings (SSSR count). The first kappa shape index (κ1) is 9.45. The summed E-state index contributed by atoms with van der Waals surface area (Å²) in [4.78, 5) is 8.36. The molecule has 6 heteroatoms. The second-order valence-electron chi connectivity index (χ2n) is 0.420. The maximum atomic E-state index is 8.36. The molecule has 0 saturated carbocycles. The molecule has 0 unspecified atom stereocenters.